The molecule has 18 heavy (non-hydrogen) atoms. The molecular formula is C12H17N5O. The van der Waals surface area contributed by atoms with Crippen molar-refractivity contribution in [3.63, 3.8) is 0 Å². The summed E-state index contributed by atoms with van der Waals surface area (Å²) in [5.74, 6) is 1.37. The highest BCUT2D eigenvalue weighted by Crippen LogP contribution is 2.27. The highest BCUT2D eigenvalue weighted by molar-refractivity contribution is 5.65. The van der Waals surface area contributed by atoms with Crippen LogP contribution in [-0.4, -0.2) is 27.3 Å². The first-order valence-corrected chi connectivity index (χ1v) is 5.96. The fourth-order valence-electron chi connectivity index (χ4n) is 1.72. The molecule has 0 aliphatic heterocycles. The van der Waals surface area contributed by atoms with Gasteiger partial charge in [-0.15, -0.1) is 5.10 Å². The third-order valence-corrected chi connectivity index (χ3v) is 2.75. The van der Waals surface area contributed by atoms with E-state index in [1.165, 1.54) is 0 Å². The number of tetrazole rings is 1. The number of aromatic nitrogens is 4. The Balaban J connectivity index is 2.33. The molecule has 6 heteroatoms. The lowest BCUT2D eigenvalue weighted by atomic mass is 10.2. The maximum Gasteiger partial charge on any atom is 0.182 e. The minimum Gasteiger partial charge on any atom is -0.495 e. The van der Waals surface area contributed by atoms with Crippen LogP contribution in [0.4, 0.5) is 5.69 Å². The molecule has 0 aliphatic carbocycles. The summed E-state index contributed by atoms with van der Waals surface area (Å²) in [5, 5.41) is 11.8. The molecule has 1 aromatic carbocycles. The van der Waals surface area contributed by atoms with E-state index in [1.54, 1.807) is 17.9 Å². The van der Waals surface area contributed by atoms with Gasteiger partial charge in [-0.3, -0.25) is 0 Å². The average Bonchev–Trinajstić information content (AvgIpc) is 2.85. The van der Waals surface area contributed by atoms with E-state index in [0.717, 1.165) is 30.8 Å². The lowest BCUT2D eigenvalue weighted by molar-refractivity contribution is 0.417. The number of benzene rings is 1. The van der Waals surface area contributed by atoms with Gasteiger partial charge in [0.2, 0.25) is 0 Å². The van der Waals surface area contributed by atoms with Crippen molar-refractivity contribution in [2.24, 2.45) is 0 Å². The van der Waals surface area contributed by atoms with Gasteiger partial charge in [-0.2, -0.15) is 0 Å². The van der Waals surface area contributed by atoms with Crippen molar-refractivity contribution in [1.29, 1.82) is 0 Å². The van der Waals surface area contributed by atoms with Gasteiger partial charge in [0.15, 0.2) is 5.82 Å². The fourth-order valence-corrected chi connectivity index (χ4v) is 1.72. The number of nitrogen functional groups attached to an aromatic ring is 1. The van der Waals surface area contributed by atoms with E-state index in [-0.39, 0.29) is 0 Å². The summed E-state index contributed by atoms with van der Waals surface area (Å²) in [6, 6.07) is 5.54. The SMILES string of the molecule is CCCCn1nnnc1-c1ccc(N)c(OC)c1. The number of methoxy groups -OCH3 is 1. The van der Waals surface area contributed by atoms with E-state index in [2.05, 4.69) is 22.4 Å². The molecule has 96 valence electrons. The van der Waals surface area contributed by atoms with Crippen molar-refractivity contribution < 1.29 is 4.74 Å². The van der Waals surface area contributed by atoms with Crippen LogP contribution in [0.3, 0.4) is 0 Å². The summed E-state index contributed by atoms with van der Waals surface area (Å²) >= 11 is 0. The summed E-state index contributed by atoms with van der Waals surface area (Å²) in [5.41, 5.74) is 7.30. The highest BCUT2D eigenvalue weighted by atomic mass is 16.5. The quantitative estimate of drug-likeness (QED) is 0.814. The smallest absolute Gasteiger partial charge is 0.182 e. The molecule has 0 unspecified atom stereocenters. The van der Waals surface area contributed by atoms with Crippen LogP contribution in [0.5, 0.6) is 5.75 Å². The Labute approximate surface area is 106 Å². The molecule has 2 N–H and O–H groups in total. The van der Waals surface area contributed by atoms with Crippen LogP contribution in [0, 0.1) is 0 Å². The molecule has 0 saturated heterocycles. The largest absolute Gasteiger partial charge is 0.495 e. The topological polar surface area (TPSA) is 78.9 Å². The predicted molar refractivity (Wildman–Crippen MR) is 69.1 cm³/mol. The number of hydrogen-bond donors (Lipinski definition) is 1. The molecule has 2 rings (SSSR count). The molecule has 6 nitrogen and oxygen atoms in total. The molecular weight excluding hydrogens is 230 g/mol. The number of hydrogen-bond acceptors (Lipinski definition) is 5. The van der Waals surface area contributed by atoms with Gasteiger partial charge in [-0.05, 0) is 35.0 Å². The Bertz CT molecular complexity index is 523. The Kier molecular flexibility index (Phi) is 3.76. The molecule has 0 spiro atoms. The Morgan fingerprint density at radius 1 is 1.39 bits per heavy atom. The number of aryl methyl sites for hydroxylation is 1. The van der Waals surface area contributed by atoms with E-state index in [0.29, 0.717) is 11.4 Å². The van der Waals surface area contributed by atoms with E-state index in [1.807, 2.05) is 12.1 Å². The zero-order valence-corrected chi connectivity index (χ0v) is 10.6. The molecule has 2 aromatic rings. The van der Waals surface area contributed by atoms with Crippen LogP contribution in [0.15, 0.2) is 18.2 Å². The van der Waals surface area contributed by atoms with Crippen molar-refractivity contribution in [1.82, 2.24) is 20.2 Å². The second-order valence-corrected chi connectivity index (χ2v) is 4.04. The van der Waals surface area contributed by atoms with Gasteiger partial charge in [-0.1, -0.05) is 13.3 Å². The van der Waals surface area contributed by atoms with Gasteiger partial charge in [0, 0.05) is 12.1 Å². The number of ether oxygens (including phenoxy) is 1. The maximum atomic E-state index is 5.79. The van der Waals surface area contributed by atoms with Gasteiger partial charge in [-0.25, -0.2) is 4.68 Å². The van der Waals surface area contributed by atoms with Crippen LogP contribution in [0.2, 0.25) is 0 Å². The van der Waals surface area contributed by atoms with Crippen molar-refractivity contribution in [2.45, 2.75) is 26.3 Å². The van der Waals surface area contributed by atoms with Crippen LogP contribution < -0.4 is 10.5 Å². The van der Waals surface area contributed by atoms with Crippen molar-refractivity contribution in [3.05, 3.63) is 18.2 Å². The first-order valence-electron chi connectivity index (χ1n) is 5.96. The number of nitrogens with zero attached hydrogens (tertiary/aromatic N) is 4. The third kappa shape index (κ3) is 2.42. The van der Waals surface area contributed by atoms with Crippen LogP contribution >= 0.6 is 0 Å². The molecule has 0 atom stereocenters. The van der Waals surface area contributed by atoms with Crippen molar-refractivity contribution >= 4 is 5.69 Å². The molecule has 1 heterocycles. The van der Waals surface area contributed by atoms with Crippen molar-refractivity contribution in [3.8, 4) is 17.1 Å². The lowest BCUT2D eigenvalue weighted by Crippen LogP contribution is -2.03. The Morgan fingerprint density at radius 2 is 2.22 bits per heavy atom. The molecule has 0 fully saturated rings. The summed E-state index contributed by atoms with van der Waals surface area (Å²) < 4.78 is 7.00. The van der Waals surface area contributed by atoms with Gasteiger partial charge in [0.25, 0.3) is 0 Å². The van der Waals surface area contributed by atoms with E-state index in [9.17, 15) is 0 Å². The van der Waals surface area contributed by atoms with Crippen molar-refractivity contribution in [2.75, 3.05) is 12.8 Å². The lowest BCUT2D eigenvalue weighted by Gasteiger charge is -2.07. The monoisotopic (exact) mass is 247 g/mol. The molecule has 1 aromatic heterocycles. The second-order valence-electron chi connectivity index (χ2n) is 4.04. The first kappa shape index (κ1) is 12.3. The fraction of sp³-hybridized carbons (Fsp3) is 0.417. The summed E-state index contributed by atoms with van der Waals surface area (Å²) in [7, 11) is 1.59. The Morgan fingerprint density at radius 3 is 2.94 bits per heavy atom. The van der Waals surface area contributed by atoms with E-state index >= 15 is 0 Å². The van der Waals surface area contributed by atoms with Crippen LogP contribution in [0.25, 0.3) is 11.4 Å². The standard InChI is InChI=1S/C12H17N5O/c1-3-4-7-17-12(14-15-16-17)9-5-6-10(13)11(8-9)18-2/h5-6,8H,3-4,7,13H2,1-2H3. The second kappa shape index (κ2) is 5.48. The minimum absolute atomic E-state index is 0.605. The van der Waals surface area contributed by atoms with Gasteiger partial charge < -0.3 is 10.5 Å². The third-order valence-electron chi connectivity index (χ3n) is 2.75. The first-order chi connectivity index (χ1) is 8.76. The zero-order valence-electron chi connectivity index (χ0n) is 10.6. The maximum absolute atomic E-state index is 5.79. The average molecular weight is 247 g/mol. The number of nitrogens with two attached hydrogens (primary N) is 1. The van der Waals surface area contributed by atoms with Crippen LogP contribution in [0.1, 0.15) is 19.8 Å². The van der Waals surface area contributed by atoms with Gasteiger partial charge >= 0.3 is 0 Å². The molecule has 0 amide bonds. The number of rotatable bonds is 5. The molecule has 0 aliphatic rings. The van der Waals surface area contributed by atoms with Crippen LogP contribution in [-0.2, 0) is 6.54 Å². The predicted octanol–water partition coefficient (Wildman–Crippen LogP) is 1.73. The van der Waals surface area contributed by atoms with E-state index in [4.69, 9.17) is 10.5 Å². The summed E-state index contributed by atoms with van der Waals surface area (Å²) in [6.45, 7) is 2.95. The summed E-state index contributed by atoms with van der Waals surface area (Å²) in [6.07, 6.45) is 2.15. The van der Waals surface area contributed by atoms with Gasteiger partial charge in [0.05, 0.1) is 12.8 Å². The zero-order chi connectivity index (χ0) is 13.0. The van der Waals surface area contributed by atoms with E-state index < -0.39 is 0 Å². The highest BCUT2D eigenvalue weighted by Gasteiger charge is 2.10. The number of unbranched alkanes of at least 4 members (excludes halogenated alkanes) is 1. The summed E-state index contributed by atoms with van der Waals surface area (Å²) in [4.78, 5) is 0. The number of anilines is 1. The molecule has 0 saturated carbocycles. The van der Waals surface area contributed by atoms with Gasteiger partial charge in [0.1, 0.15) is 5.75 Å². The molecule has 0 bridgehead atoms. The normalized spacial score (nSPS) is 10.6. The Hall–Kier alpha value is -2.11. The minimum atomic E-state index is 0.605. The molecule has 0 radical (unpaired) electrons.